The molecular formula is C10H14F2N2. The average Bonchev–Trinajstić information content (AvgIpc) is 2.11. The van der Waals surface area contributed by atoms with Gasteiger partial charge in [0.2, 0.25) is 0 Å². The van der Waals surface area contributed by atoms with Gasteiger partial charge in [0.25, 0.3) is 0 Å². The quantitative estimate of drug-likeness (QED) is 0.777. The minimum absolute atomic E-state index is 0.162. The number of halogens is 2. The van der Waals surface area contributed by atoms with Crippen molar-refractivity contribution in [1.29, 1.82) is 0 Å². The fourth-order valence-corrected chi connectivity index (χ4v) is 1.44. The first kappa shape index (κ1) is 11.1. The van der Waals surface area contributed by atoms with Crippen LogP contribution in [0.25, 0.3) is 0 Å². The molecule has 3 N–H and O–H groups in total. The van der Waals surface area contributed by atoms with Crippen molar-refractivity contribution in [2.75, 3.05) is 7.05 Å². The van der Waals surface area contributed by atoms with Crippen LogP contribution < -0.4 is 11.1 Å². The maximum atomic E-state index is 12.9. The van der Waals surface area contributed by atoms with E-state index >= 15 is 0 Å². The molecule has 2 nitrogen and oxygen atoms in total. The van der Waals surface area contributed by atoms with E-state index < -0.39 is 11.6 Å². The van der Waals surface area contributed by atoms with E-state index in [1.165, 1.54) is 12.1 Å². The Morgan fingerprint density at radius 1 is 1.29 bits per heavy atom. The van der Waals surface area contributed by atoms with Crippen LogP contribution in [0.3, 0.4) is 0 Å². The van der Waals surface area contributed by atoms with E-state index in [2.05, 4.69) is 5.32 Å². The summed E-state index contributed by atoms with van der Waals surface area (Å²) in [6, 6.07) is 3.48. The van der Waals surface area contributed by atoms with Crippen LogP contribution in [0.15, 0.2) is 18.2 Å². The molecule has 0 saturated carbocycles. The highest BCUT2D eigenvalue weighted by Gasteiger charge is 2.15. The molecule has 1 aromatic rings. The van der Waals surface area contributed by atoms with Crippen molar-refractivity contribution in [3.63, 3.8) is 0 Å². The molecule has 78 valence electrons. The van der Waals surface area contributed by atoms with E-state index in [-0.39, 0.29) is 12.1 Å². The number of rotatable bonds is 3. The molecule has 0 bridgehead atoms. The van der Waals surface area contributed by atoms with Crippen LogP contribution in [0.4, 0.5) is 8.78 Å². The Hall–Kier alpha value is -1.00. The molecule has 1 rings (SSSR count). The first-order chi connectivity index (χ1) is 6.56. The summed E-state index contributed by atoms with van der Waals surface area (Å²) in [5.74, 6) is -1.68. The van der Waals surface area contributed by atoms with Crippen molar-refractivity contribution in [3.8, 4) is 0 Å². The van der Waals surface area contributed by atoms with Crippen LogP contribution in [0.5, 0.6) is 0 Å². The molecule has 0 fully saturated rings. The van der Waals surface area contributed by atoms with Crippen LogP contribution in [0, 0.1) is 11.6 Å². The molecule has 0 aliphatic carbocycles. The average molecular weight is 200 g/mol. The monoisotopic (exact) mass is 200 g/mol. The molecule has 0 aliphatic rings. The Labute approximate surface area is 82.1 Å². The van der Waals surface area contributed by atoms with Gasteiger partial charge in [0.1, 0.15) is 0 Å². The lowest BCUT2D eigenvalue weighted by atomic mass is 10.0. The van der Waals surface area contributed by atoms with Gasteiger partial charge in [0, 0.05) is 12.1 Å². The topological polar surface area (TPSA) is 38.0 Å². The van der Waals surface area contributed by atoms with Crippen molar-refractivity contribution in [2.45, 2.75) is 19.0 Å². The summed E-state index contributed by atoms with van der Waals surface area (Å²) in [6.07, 6.45) is 0. The number of nitrogens with two attached hydrogens (primary N) is 1. The van der Waals surface area contributed by atoms with Gasteiger partial charge in [-0.3, -0.25) is 0 Å². The van der Waals surface area contributed by atoms with E-state index in [4.69, 9.17) is 5.73 Å². The summed E-state index contributed by atoms with van der Waals surface area (Å²) in [4.78, 5) is 0. The van der Waals surface area contributed by atoms with Crippen molar-refractivity contribution in [2.24, 2.45) is 5.73 Å². The van der Waals surface area contributed by atoms with Crippen LogP contribution in [0.1, 0.15) is 18.5 Å². The van der Waals surface area contributed by atoms with Gasteiger partial charge in [0.15, 0.2) is 11.6 Å². The second-order valence-corrected chi connectivity index (χ2v) is 3.30. The van der Waals surface area contributed by atoms with Crippen molar-refractivity contribution in [1.82, 2.24) is 5.32 Å². The zero-order valence-electron chi connectivity index (χ0n) is 8.22. The van der Waals surface area contributed by atoms with Crippen LogP contribution >= 0.6 is 0 Å². The number of hydrogen-bond acceptors (Lipinski definition) is 2. The van der Waals surface area contributed by atoms with Gasteiger partial charge in [-0.15, -0.1) is 0 Å². The molecule has 4 heteroatoms. The predicted octanol–water partition coefficient (Wildman–Crippen LogP) is 1.57. The first-order valence-electron chi connectivity index (χ1n) is 4.44. The molecule has 0 aromatic heterocycles. The molecule has 0 aliphatic heterocycles. The van der Waals surface area contributed by atoms with E-state index in [1.54, 1.807) is 7.05 Å². The first-order valence-corrected chi connectivity index (χ1v) is 4.44. The van der Waals surface area contributed by atoms with Crippen molar-refractivity contribution < 1.29 is 8.78 Å². The fraction of sp³-hybridized carbons (Fsp3) is 0.400. The third-order valence-electron chi connectivity index (χ3n) is 2.14. The Morgan fingerprint density at radius 2 is 1.93 bits per heavy atom. The lowest BCUT2D eigenvalue weighted by Gasteiger charge is -2.20. The standard InChI is InChI=1S/C10H14F2N2/c1-6(13)10(14-2)7-3-4-8(11)9(12)5-7/h3-6,10,14H,13H2,1-2H3. The number of hydrogen-bond donors (Lipinski definition) is 2. The van der Waals surface area contributed by atoms with Gasteiger partial charge in [-0.2, -0.15) is 0 Å². The Bertz CT molecular complexity index is 313. The number of nitrogens with one attached hydrogen (secondary N) is 1. The number of likely N-dealkylation sites (N-methyl/N-ethyl adjacent to an activating group) is 1. The lowest BCUT2D eigenvalue weighted by molar-refractivity contribution is 0.482. The van der Waals surface area contributed by atoms with Gasteiger partial charge in [-0.25, -0.2) is 8.78 Å². The summed E-state index contributed by atoms with van der Waals surface area (Å²) in [7, 11) is 1.73. The molecule has 2 unspecified atom stereocenters. The molecule has 14 heavy (non-hydrogen) atoms. The molecule has 0 saturated heterocycles. The van der Waals surface area contributed by atoms with Crippen LogP contribution in [-0.2, 0) is 0 Å². The van der Waals surface area contributed by atoms with Crippen molar-refractivity contribution in [3.05, 3.63) is 35.4 Å². The molecule has 0 radical (unpaired) electrons. The zero-order chi connectivity index (χ0) is 10.7. The second kappa shape index (κ2) is 4.48. The second-order valence-electron chi connectivity index (χ2n) is 3.30. The Balaban J connectivity index is 3.00. The maximum absolute atomic E-state index is 12.9. The molecule has 0 amide bonds. The SMILES string of the molecule is CNC(c1ccc(F)c(F)c1)C(C)N. The van der Waals surface area contributed by atoms with Crippen molar-refractivity contribution >= 4 is 0 Å². The van der Waals surface area contributed by atoms with E-state index in [0.29, 0.717) is 5.56 Å². The van der Waals surface area contributed by atoms with E-state index in [0.717, 1.165) is 6.07 Å². The van der Waals surface area contributed by atoms with Crippen LogP contribution in [-0.4, -0.2) is 13.1 Å². The highest BCUT2D eigenvalue weighted by Crippen LogP contribution is 2.17. The highest BCUT2D eigenvalue weighted by molar-refractivity contribution is 5.22. The Kier molecular flexibility index (Phi) is 3.55. The summed E-state index contributed by atoms with van der Waals surface area (Å²) in [5, 5.41) is 2.95. The molecule has 0 spiro atoms. The number of benzene rings is 1. The third kappa shape index (κ3) is 2.27. The van der Waals surface area contributed by atoms with Gasteiger partial charge in [-0.1, -0.05) is 6.07 Å². The molecule has 2 atom stereocenters. The summed E-state index contributed by atoms with van der Waals surface area (Å²) >= 11 is 0. The zero-order valence-corrected chi connectivity index (χ0v) is 8.22. The fourth-order valence-electron chi connectivity index (χ4n) is 1.44. The normalized spacial score (nSPS) is 15.2. The maximum Gasteiger partial charge on any atom is 0.159 e. The van der Waals surface area contributed by atoms with E-state index in [9.17, 15) is 8.78 Å². The minimum atomic E-state index is -0.844. The molecule has 1 aromatic carbocycles. The van der Waals surface area contributed by atoms with Gasteiger partial charge in [0.05, 0.1) is 0 Å². The Morgan fingerprint density at radius 3 is 2.36 bits per heavy atom. The largest absolute Gasteiger partial charge is 0.326 e. The van der Waals surface area contributed by atoms with Gasteiger partial charge in [-0.05, 0) is 31.7 Å². The third-order valence-corrected chi connectivity index (χ3v) is 2.14. The summed E-state index contributed by atoms with van der Waals surface area (Å²) in [5.41, 5.74) is 6.34. The van der Waals surface area contributed by atoms with E-state index in [1.807, 2.05) is 6.92 Å². The molecule has 0 heterocycles. The predicted molar refractivity (Wildman–Crippen MR) is 51.8 cm³/mol. The summed E-state index contributed by atoms with van der Waals surface area (Å²) < 4.78 is 25.5. The minimum Gasteiger partial charge on any atom is -0.326 e. The van der Waals surface area contributed by atoms with Gasteiger partial charge >= 0.3 is 0 Å². The molecular weight excluding hydrogens is 186 g/mol. The highest BCUT2D eigenvalue weighted by atomic mass is 19.2. The van der Waals surface area contributed by atoms with Gasteiger partial charge < -0.3 is 11.1 Å². The summed E-state index contributed by atoms with van der Waals surface area (Å²) in [6.45, 7) is 1.81. The van der Waals surface area contributed by atoms with Crippen LogP contribution in [0.2, 0.25) is 0 Å². The lowest BCUT2D eigenvalue weighted by Crippen LogP contribution is -2.33. The smallest absolute Gasteiger partial charge is 0.159 e.